The van der Waals surface area contributed by atoms with Gasteiger partial charge in [0.15, 0.2) is 5.13 Å². The molecule has 0 aliphatic heterocycles. The molecule has 0 bridgehead atoms. The van der Waals surface area contributed by atoms with Crippen molar-refractivity contribution in [3.05, 3.63) is 52.0 Å². The topological polar surface area (TPSA) is 45.7 Å². The molecule has 1 amide bonds. The summed E-state index contributed by atoms with van der Waals surface area (Å²) in [5, 5.41) is 1.24. The number of halogens is 1. The number of amides is 1. The lowest BCUT2D eigenvalue weighted by Crippen LogP contribution is -2.38. The summed E-state index contributed by atoms with van der Waals surface area (Å²) in [6.45, 7) is 11.5. The molecule has 0 saturated carbocycles. The molecule has 0 N–H and O–H groups in total. The Kier molecular flexibility index (Phi) is 7.34. The van der Waals surface area contributed by atoms with Gasteiger partial charge in [0.2, 0.25) is 0 Å². The largest absolute Gasteiger partial charge is 0.494 e. The Labute approximate surface area is 187 Å². The van der Waals surface area contributed by atoms with Crippen LogP contribution in [0.1, 0.15) is 35.3 Å². The standard InChI is InChI=1S/C23H28ClN3O2S/c1-6-26(7-2)12-13-27(22(28)17-9-8-15(3)16(4)14-17)23-25-20-19(29-5)11-10-18(24)21(20)30-23/h8-11,14H,6-7,12-13H2,1-5H3. The SMILES string of the molecule is CCN(CC)CCN(C(=O)c1ccc(C)c(C)c1)c1nc2c(OC)ccc(Cl)c2s1. The predicted octanol–water partition coefficient (Wildman–Crippen LogP) is 5.56. The first-order valence-electron chi connectivity index (χ1n) is 10.1. The minimum Gasteiger partial charge on any atom is -0.494 e. The first kappa shape index (κ1) is 22.5. The van der Waals surface area contributed by atoms with Gasteiger partial charge in [-0.15, -0.1) is 0 Å². The molecular weight excluding hydrogens is 418 g/mol. The summed E-state index contributed by atoms with van der Waals surface area (Å²) in [6, 6.07) is 9.43. The van der Waals surface area contributed by atoms with E-state index in [-0.39, 0.29) is 5.91 Å². The highest BCUT2D eigenvalue weighted by molar-refractivity contribution is 7.23. The number of hydrogen-bond acceptors (Lipinski definition) is 5. The van der Waals surface area contributed by atoms with Crippen molar-refractivity contribution in [1.82, 2.24) is 9.88 Å². The first-order valence-corrected chi connectivity index (χ1v) is 11.3. The Hall–Kier alpha value is -2.15. The zero-order valence-electron chi connectivity index (χ0n) is 18.2. The van der Waals surface area contributed by atoms with Crippen molar-refractivity contribution < 1.29 is 9.53 Å². The van der Waals surface area contributed by atoms with Crippen LogP contribution < -0.4 is 9.64 Å². The van der Waals surface area contributed by atoms with Crippen LogP contribution in [0.25, 0.3) is 10.2 Å². The highest BCUT2D eigenvalue weighted by atomic mass is 35.5. The summed E-state index contributed by atoms with van der Waals surface area (Å²) in [5.41, 5.74) is 3.61. The van der Waals surface area contributed by atoms with Crippen molar-refractivity contribution in [2.45, 2.75) is 27.7 Å². The molecular formula is C23H28ClN3O2S. The number of rotatable bonds is 8. The van der Waals surface area contributed by atoms with Crippen LogP contribution in [-0.2, 0) is 0 Å². The van der Waals surface area contributed by atoms with Gasteiger partial charge in [-0.2, -0.15) is 0 Å². The van der Waals surface area contributed by atoms with E-state index in [1.165, 1.54) is 11.3 Å². The Morgan fingerprint density at radius 1 is 1.10 bits per heavy atom. The lowest BCUT2D eigenvalue weighted by molar-refractivity contribution is 0.0983. The molecule has 2 aromatic carbocycles. The van der Waals surface area contributed by atoms with Gasteiger partial charge in [-0.1, -0.05) is 42.9 Å². The molecule has 5 nitrogen and oxygen atoms in total. The van der Waals surface area contributed by atoms with E-state index in [4.69, 9.17) is 21.3 Å². The molecule has 3 rings (SSSR count). The lowest BCUT2D eigenvalue weighted by Gasteiger charge is -2.25. The van der Waals surface area contributed by atoms with Crippen LogP contribution in [-0.4, -0.2) is 49.1 Å². The van der Waals surface area contributed by atoms with E-state index < -0.39 is 0 Å². The summed E-state index contributed by atoms with van der Waals surface area (Å²) in [7, 11) is 1.61. The smallest absolute Gasteiger partial charge is 0.260 e. The maximum absolute atomic E-state index is 13.5. The first-order chi connectivity index (χ1) is 14.4. The summed E-state index contributed by atoms with van der Waals surface area (Å²) < 4.78 is 6.28. The number of carbonyl (C=O) groups excluding carboxylic acids is 1. The van der Waals surface area contributed by atoms with E-state index in [1.807, 2.05) is 32.0 Å². The Balaban J connectivity index is 2.04. The van der Waals surface area contributed by atoms with Gasteiger partial charge in [0.05, 0.1) is 16.8 Å². The minimum absolute atomic E-state index is 0.0561. The number of likely N-dealkylation sites (N-methyl/N-ethyl adjacent to an activating group) is 1. The van der Waals surface area contributed by atoms with Gasteiger partial charge in [-0.05, 0) is 62.3 Å². The second kappa shape index (κ2) is 9.77. The van der Waals surface area contributed by atoms with Gasteiger partial charge in [-0.25, -0.2) is 4.98 Å². The van der Waals surface area contributed by atoms with Crippen molar-refractivity contribution in [3.63, 3.8) is 0 Å². The number of fused-ring (bicyclic) bond motifs is 1. The van der Waals surface area contributed by atoms with Gasteiger partial charge < -0.3 is 9.64 Å². The van der Waals surface area contributed by atoms with Crippen LogP contribution in [0.3, 0.4) is 0 Å². The van der Waals surface area contributed by atoms with Crippen LogP contribution in [0.15, 0.2) is 30.3 Å². The van der Waals surface area contributed by atoms with E-state index in [1.54, 1.807) is 24.1 Å². The highest BCUT2D eigenvalue weighted by Crippen LogP contribution is 2.39. The number of thiazole rings is 1. The van der Waals surface area contributed by atoms with Gasteiger partial charge >= 0.3 is 0 Å². The zero-order chi connectivity index (χ0) is 21.8. The summed E-state index contributed by atoms with van der Waals surface area (Å²) in [4.78, 5) is 22.3. The highest BCUT2D eigenvalue weighted by Gasteiger charge is 2.24. The molecule has 160 valence electrons. The monoisotopic (exact) mass is 445 g/mol. The van der Waals surface area contributed by atoms with Crippen molar-refractivity contribution >= 4 is 44.2 Å². The Morgan fingerprint density at radius 2 is 1.83 bits per heavy atom. The molecule has 0 spiro atoms. The fourth-order valence-electron chi connectivity index (χ4n) is 3.32. The third kappa shape index (κ3) is 4.61. The van der Waals surface area contributed by atoms with Gasteiger partial charge in [-0.3, -0.25) is 9.69 Å². The van der Waals surface area contributed by atoms with Crippen molar-refractivity contribution in [3.8, 4) is 5.75 Å². The van der Waals surface area contributed by atoms with Crippen molar-refractivity contribution in [2.75, 3.05) is 38.2 Å². The van der Waals surface area contributed by atoms with E-state index in [9.17, 15) is 4.79 Å². The molecule has 0 saturated heterocycles. The van der Waals surface area contributed by atoms with Gasteiger partial charge in [0, 0.05) is 18.7 Å². The average molecular weight is 446 g/mol. The maximum Gasteiger partial charge on any atom is 0.260 e. The number of aryl methyl sites for hydroxylation is 2. The quantitative estimate of drug-likeness (QED) is 0.455. The summed E-state index contributed by atoms with van der Waals surface area (Å²) >= 11 is 7.84. The fourth-order valence-corrected chi connectivity index (χ4v) is 4.60. The van der Waals surface area contributed by atoms with E-state index >= 15 is 0 Å². The fraction of sp³-hybridized carbons (Fsp3) is 0.391. The normalized spacial score (nSPS) is 11.3. The Morgan fingerprint density at radius 3 is 2.47 bits per heavy atom. The second-order valence-corrected chi connectivity index (χ2v) is 8.59. The third-order valence-electron chi connectivity index (χ3n) is 5.43. The average Bonchev–Trinajstić information content (AvgIpc) is 3.19. The predicted molar refractivity (Wildman–Crippen MR) is 127 cm³/mol. The molecule has 0 unspecified atom stereocenters. The van der Waals surface area contributed by atoms with Crippen LogP contribution in [0.2, 0.25) is 5.02 Å². The molecule has 0 fully saturated rings. The molecule has 1 aromatic heterocycles. The number of anilines is 1. The minimum atomic E-state index is -0.0561. The third-order valence-corrected chi connectivity index (χ3v) is 6.97. The van der Waals surface area contributed by atoms with E-state index in [2.05, 4.69) is 18.7 Å². The lowest BCUT2D eigenvalue weighted by atomic mass is 10.1. The summed E-state index contributed by atoms with van der Waals surface area (Å²) in [6.07, 6.45) is 0. The molecule has 0 aliphatic carbocycles. The number of methoxy groups -OCH3 is 1. The maximum atomic E-state index is 13.5. The number of benzene rings is 2. The van der Waals surface area contributed by atoms with Crippen molar-refractivity contribution in [1.29, 1.82) is 0 Å². The number of carbonyl (C=O) groups is 1. The molecule has 7 heteroatoms. The van der Waals surface area contributed by atoms with Gasteiger partial charge in [0.25, 0.3) is 5.91 Å². The van der Waals surface area contributed by atoms with Gasteiger partial charge in [0.1, 0.15) is 11.3 Å². The van der Waals surface area contributed by atoms with E-state index in [0.717, 1.165) is 35.5 Å². The van der Waals surface area contributed by atoms with Crippen LogP contribution in [0.4, 0.5) is 5.13 Å². The summed E-state index contributed by atoms with van der Waals surface area (Å²) in [5.74, 6) is 0.596. The Bertz CT molecular complexity index is 1050. The molecule has 0 aliphatic rings. The molecule has 3 aromatic rings. The number of nitrogens with zero attached hydrogens (tertiary/aromatic N) is 3. The number of ether oxygens (including phenoxy) is 1. The molecule has 0 atom stereocenters. The van der Waals surface area contributed by atoms with Crippen molar-refractivity contribution in [2.24, 2.45) is 0 Å². The molecule has 30 heavy (non-hydrogen) atoms. The molecule has 0 radical (unpaired) electrons. The van der Waals surface area contributed by atoms with Crippen LogP contribution in [0.5, 0.6) is 5.75 Å². The van der Waals surface area contributed by atoms with Crippen LogP contribution in [0, 0.1) is 13.8 Å². The zero-order valence-corrected chi connectivity index (χ0v) is 19.7. The number of hydrogen-bond donors (Lipinski definition) is 0. The number of aromatic nitrogens is 1. The second-order valence-electron chi connectivity index (χ2n) is 7.21. The molecule has 1 heterocycles. The van der Waals surface area contributed by atoms with E-state index in [0.29, 0.717) is 33.5 Å². The van der Waals surface area contributed by atoms with Crippen LogP contribution >= 0.6 is 22.9 Å².